The van der Waals surface area contributed by atoms with Gasteiger partial charge >= 0.3 is 0 Å². The topological polar surface area (TPSA) is 117 Å². The van der Waals surface area contributed by atoms with Crippen molar-refractivity contribution < 1.29 is 28.5 Å². The van der Waals surface area contributed by atoms with Gasteiger partial charge in [-0.2, -0.15) is 0 Å². The van der Waals surface area contributed by atoms with E-state index in [0.29, 0.717) is 5.56 Å². The molecule has 0 bridgehead atoms. The van der Waals surface area contributed by atoms with Gasteiger partial charge in [-0.3, -0.25) is 9.78 Å². The van der Waals surface area contributed by atoms with E-state index in [9.17, 15) is 23.8 Å². The molecule has 0 saturated carbocycles. The lowest BCUT2D eigenvalue weighted by molar-refractivity contribution is -0.0441. The fourth-order valence-corrected chi connectivity index (χ4v) is 3.48. The van der Waals surface area contributed by atoms with Crippen molar-refractivity contribution in [2.75, 3.05) is 11.2 Å². The summed E-state index contributed by atoms with van der Waals surface area (Å²) in [5.41, 5.74) is -0.0172. The monoisotopic (exact) mass is 474 g/mol. The highest BCUT2D eigenvalue weighted by Gasteiger charge is 2.33. The number of benzene rings is 1. The van der Waals surface area contributed by atoms with Gasteiger partial charge in [-0.1, -0.05) is 6.07 Å². The van der Waals surface area contributed by atoms with Gasteiger partial charge in [-0.05, 0) is 30.3 Å². The van der Waals surface area contributed by atoms with E-state index >= 15 is 0 Å². The third-order valence-corrected chi connectivity index (χ3v) is 5.20. The van der Waals surface area contributed by atoms with E-state index in [1.54, 1.807) is 0 Å². The van der Waals surface area contributed by atoms with E-state index in [4.69, 9.17) is 16.3 Å². The van der Waals surface area contributed by atoms with Crippen LogP contribution in [0, 0.1) is 11.6 Å². The second-order valence-electron chi connectivity index (χ2n) is 7.06. The molecule has 0 saturated heterocycles. The number of hydrogen-bond acceptors (Lipinski definition) is 7. The summed E-state index contributed by atoms with van der Waals surface area (Å²) >= 11 is 5.81. The van der Waals surface area contributed by atoms with Crippen LogP contribution >= 0.6 is 11.6 Å². The number of aliphatic hydroxyl groups is 2. The van der Waals surface area contributed by atoms with Crippen molar-refractivity contribution in [2.24, 2.45) is 0 Å². The number of amides is 1. The molecule has 2 aromatic heterocycles. The maximum absolute atomic E-state index is 14.1. The van der Waals surface area contributed by atoms with Crippen LogP contribution in [0.3, 0.4) is 0 Å². The number of hydrogen-bond donors (Lipinski definition) is 3. The van der Waals surface area contributed by atoms with Crippen LogP contribution in [-0.2, 0) is 4.74 Å². The van der Waals surface area contributed by atoms with Crippen LogP contribution in [0.4, 0.5) is 14.5 Å². The van der Waals surface area contributed by atoms with Crippen molar-refractivity contribution in [3.8, 4) is 11.4 Å². The molecule has 0 radical (unpaired) electrons. The van der Waals surface area contributed by atoms with Crippen molar-refractivity contribution in [3.05, 3.63) is 77.9 Å². The number of nitrogens with zero attached hydrogens (tertiary/aromatic N) is 3. The third kappa shape index (κ3) is 4.68. The maximum Gasteiger partial charge on any atom is 0.274 e. The number of halogens is 3. The summed E-state index contributed by atoms with van der Waals surface area (Å²) in [6.45, 7) is 0. The molecule has 4 rings (SSSR count). The summed E-state index contributed by atoms with van der Waals surface area (Å²) in [5.74, 6) is -2.59. The van der Waals surface area contributed by atoms with Gasteiger partial charge in [0.05, 0.1) is 23.3 Å². The summed E-state index contributed by atoms with van der Waals surface area (Å²) < 4.78 is 33.9. The zero-order chi connectivity index (χ0) is 23.5. The molecular weight excluding hydrogens is 458 g/mol. The largest absolute Gasteiger partial charge is 0.486 e. The van der Waals surface area contributed by atoms with Crippen LogP contribution in [0.15, 0.2) is 55.0 Å². The standard InChI is InChI=1S/C22H17ClF2N4O4/c23-9-18-20(31)16(30)8-17(33-18)11-4-6-26-10-15(11)29-22(32)14-5-7-27-21(28-14)19-12(24)2-1-3-13(19)25/h1-8,10,16,18,20,30-31H,9H2,(H,29,32). The minimum atomic E-state index is -1.23. The van der Waals surface area contributed by atoms with Crippen LogP contribution in [-0.4, -0.2) is 55.3 Å². The van der Waals surface area contributed by atoms with E-state index in [1.807, 2.05) is 0 Å². The number of rotatable bonds is 5. The van der Waals surface area contributed by atoms with E-state index in [-0.39, 0.29) is 28.8 Å². The molecule has 3 unspecified atom stereocenters. The smallest absolute Gasteiger partial charge is 0.274 e. The Labute approximate surface area is 191 Å². The number of nitrogens with one attached hydrogen (secondary N) is 1. The van der Waals surface area contributed by atoms with Crippen LogP contribution in [0.5, 0.6) is 0 Å². The summed E-state index contributed by atoms with van der Waals surface area (Å²) in [6.07, 6.45) is 2.01. The van der Waals surface area contributed by atoms with Gasteiger partial charge in [0.2, 0.25) is 0 Å². The molecule has 3 aromatic rings. The number of carbonyl (C=O) groups is 1. The molecule has 3 N–H and O–H groups in total. The Balaban J connectivity index is 1.63. The second-order valence-corrected chi connectivity index (χ2v) is 7.37. The van der Waals surface area contributed by atoms with Crippen molar-refractivity contribution in [1.29, 1.82) is 0 Å². The Hall–Kier alpha value is -3.47. The zero-order valence-electron chi connectivity index (χ0n) is 16.8. The molecule has 8 nitrogen and oxygen atoms in total. The predicted molar refractivity (Wildman–Crippen MR) is 115 cm³/mol. The number of anilines is 1. The summed E-state index contributed by atoms with van der Waals surface area (Å²) in [5, 5.41) is 22.7. The molecule has 1 aliphatic rings. The molecule has 0 spiro atoms. The van der Waals surface area contributed by atoms with Gasteiger partial charge in [0.15, 0.2) is 5.82 Å². The van der Waals surface area contributed by atoms with Gasteiger partial charge in [-0.25, -0.2) is 18.7 Å². The van der Waals surface area contributed by atoms with Gasteiger partial charge in [-0.15, -0.1) is 11.6 Å². The van der Waals surface area contributed by atoms with E-state index in [2.05, 4.69) is 20.3 Å². The highest BCUT2D eigenvalue weighted by atomic mass is 35.5. The first-order valence-corrected chi connectivity index (χ1v) is 10.3. The van der Waals surface area contributed by atoms with E-state index < -0.39 is 41.4 Å². The van der Waals surface area contributed by atoms with Gasteiger partial charge in [0.1, 0.15) is 41.4 Å². The normalized spacial score (nSPS) is 20.0. The number of alkyl halides is 1. The molecule has 33 heavy (non-hydrogen) atoms. The highest BCUT2D eigenvalue weighted by molar-refractivity contribution is 6.18. The number of ether oxygens (including phenoxy) is 1. The molecule has 11 heteroatoms. The summed E-state index contributed by atoms with van der Waals surface area (Å²) in [6, 6.07) is 6.16. The minimum Gasteiger partial charge on any atom is -0.486 e. The summed E-state index contributed by atoms with van der Waals surface area (Å²) in [4.78, 5) is 24.7. The van der Waals surface area contributed by atoms with E-state index in [0.717, 1.165) is 12.1 Å². The fourth-order valence-electron chi connectivity index (χ4n) is 3.23. The Kier molecular flexibility index (Phi) is 6.59. The van der Waals surface area contributed by atoms with Crippen LogP contribution in [0.1, 0.15) is 16.1 Å². The first-order chi connectivity index (χ1) is 15.9. The van der Waals surface area contributed by atoms with Gasteiger partial charge in [0, 0.05) is 18.0 Å². The average Bonchev–Trinajstić information content (AvgIpc) is 2.81. The minimum absolute atomic E-state index is 0.0708. The number of aromatic nitrogens is 3. The van der Waals surface area contributed by atoms with Crippen LogP contribution in [0.25, 0.3) is 17.1 Å². The number of pyridine rings is 1. The molecule has 0 aliphatic carbocycles. The lowest BCUT2D eigenvalue weighted by Gasteiger charge is -2.31. The Morgan fingerprint density at radius 2 is 1.91 bits per heavy atom. The average molecular weight is 475 g/mol. The lowest BCUT2D eigenvalue weighted by atomic mass is 10.0. The van der Waals surface area contributed by atoms with E-state index in [1.165, 1.54) is 42.9 Å². The number of aliphatic hydroxyl groups excluding tert-OH is 2. The molecule has 1 aromatic carbocycles. The fraction of sp³-hybridized carbons (Fsp3) is 0.182. The molecule has 3 atom stereocenters. The molecule has 0 fully saturated rings. The third-order valence-electron chi connectivity index (χ3n) is 4.89. The van der Waals surface area contributed by atoms with Crippen LogP contribution < -0.4 is 5.32 Å². The molecule has 3 heterocycles. The zero-order valence-corrected chi connectivity index (χ0v) is 17.6. The Morgan fingerprint density at radius 1 is 1.15 bits per heavy atom. The first-order valence-electron chi connectivity index (χ1n) is 9.72. The van der Waals surface area contributed by atoms with Gasteiger partial charge in [0.25, 0.3) is 5.91 Å². The molecular formula is C22H17ClF2N4O4. The Morgan fingerprint density at radius 3 is 2.64 bits per heavy atom. The molecule has 170 valence electrons. The van der Waals surface area contributed by atoms with Crippen LogP contribution in [0.2, 0.25) is 0 Å². The highest BCUT2D eigenvalue weighted by Crippen LogP contribution is 2.31. The predicted octanol–water partition coefficient (Wildman–Crippen LogP) is 2.77. The van der Waals surface area contributed by atoms with Gasteiger partial charge < -0.3 is 20.3 Å². The van der Waals surface area contributed by atoms with Crippen molar-refractivity contribution in [2.45, 2.75) is 18.3 Å². The van der Waals surface area contributed by atoms with Crippen molar-refractivity contribution in [1.82, 2.24) is 15.0 Å². The molecule has 1 amide bonds. The first kappa shape index (κ1) is 22.7. The lowest BCUT2D eigenvalue weighted by Crippen LogP contribution is -2.42. The Bertz CT molecular complexity index is 1210. The van der Waals surface area contributed by atoms with Crippen molar-refractivity contribution in [3.63, 3.8) is 0 Å². The maximum atomic E-state index is 14.1. The summed E-state index contributed by atoms with van der Waals surface area (Å²) in [7, 11) is 0. The van der Waals surface area contributed by atoms with Crippen molar-refractivity contribution >= 4 is 29.0 Å². The second kappa shape index (κ2) is 9.57. The number of carbonyl (C=O) groups excluding carboxylic acids is 1. The SMILES string of the molecule is O=C(Nc1cnccc1C1=CC(O)C(O)C(CCl)O1)c1ccnc(-c2c(F)cccc2F)n1. The molecule has 1 aliphatic heterocycles. The quantitative estimate of drug-likeness (QED) is 0.487.